The molecule has 1 aliphatic rings. The van der Waals surface area contributed by atoms with Gasteiger partial charge in [-0.15, -0.1) is 0 Å². The molecule has 5 heteroatoms. The normalized spacial score (nSPS) is 20.6. The van der Waals surface area contributed by atoms with Gasteiger partial charge in [-0.3, -0.25) is 11.3 Å². The lowest BCUT2D eigenvalue weighted by atomic mass is 9.97. The number of benzene rings is 1. The molecule has 0 aromatic heterocycles. The second-order valence-electron chi connectivity index (χ2n) is 5.18. The van der Waals surface area contributed by atoms with E-state index < -0.39 is 0 Å². The van der Waals surface area contributed by atoms with E-state index in [2.05, 4.69) is 5.43 Å². The summed E-state index contributed by atoms with van der Waals surface area (Å²) < 4.78 is 24.4. The number of halogens is 1. The predicted molar refractivity (Wildman–Crippen MR) is 75.8 cm³/mol. The van der Waals surface area contributed by atoms with Crippen molar-refractivity contribution in [2.45, 2.75) is 44.2 Å². The van der Waals surface area contributed by atoms with Crippen molar-refractivity contribution < 1.29 is 13.9 Å². The Morgan fingerprint density at radius 3 is 2.95 bits per heavy atom. The largest absolute Gasteiger partial charge is 0.494 e. The first-order valence-electron chi connectivity index (χ1n) is 7.15. The summed E-state index contributed by atoms with van der Waals surface area (Å²) in [4.78, 5) is 0. The maximum atomic E-state index is 13.7. The molecule has 1 aromatic carbocycles. The molecule has 2 atom stereocenters. The van der Waals surface area contributed by atoms with Crippen molar-refractivity contribution in [1.82, 2.24) is 5.43 Å². The minimum Gasteiger partial charge on any atom is -0.494 e. The van der Waals surface area contributed by atoms with Gasteiger partial charge in [-0.1, -0.05) is 6.07 Å². The number of methoxy groups -OCH3 is 1. The Morgan fingerprint density at radius 2 is 2.35 bits per heavy atom. The topological polar surface area (TPSA) is 56.5 Å². The maximum Gasteiger partial charge on any atom is 0.165 e. The molecule has 2 rings (SSSR count). The van der Waals surface area contributed by atoms with Crippen molar-refractivity contribution in [2.24, 2.45) is 5.84 Å². The Kier molecular flexibility index (Phi) is 5.76. The van der Waals surface area contributed by atoms with E-state index in [4.69, 9.17) is 15.3 Å². The van der Waals surface area contributed by atoms with Crippen molar-refractivity contribution in [3.05, 3.63) is 29.6 Å². The van der Waals surface area contributed by atoms with E-state index in [0.29, 0.717) is 6.10 Å². The Labute approximate surface area is 119 Å². The first-order chi connectivity index (χ1) is 9.74. The number of hydrazine groups is 1. The summed E-state index contributed by atoms with van der Waals surface area (Å²) in [7, 11) is 1.46. The van der Waals surface area contributed by atoms with E-state index in [9.17, 15) is 4.39 Å². The molecule has 1 heterocycles. The van der Waals surface area contributed by atoms with Crippen LogP contribution in [0.2, 0.25) is 0 Å². The van der Waals surface area contributed by atoms with Gasteiger partial charge in [-0.25, -0.2) is 4.39 Å². The van der Waals surface area contributed by atoms with Crippen LogP contribution < -0.4 is 16.0 Å². The van der Waals surface area contributed by atoms with Gasteiger partial charge in [-0.2, -0.15) is 0 Å². The summed E-state index contributed by atoms with van der Waals surface area (Å²) in [6.45, 7) is 0.850. The van der Waals surface area contributed by atoms with Gasteiger partial charge >= 0.3 is 0 Å². The average molecular weight is 282 g/mol. The van der Waals surface area contributed by atoms with Gasteiger partial charge in [0.25, 0.3) is 0 Å². The summed E-state index contributed by atoms with van der Waals surface area (Å²) in [6, 6.07) is 4.88. The van der Waals surface area contributed by atoms with Crippen LogP contribution in [0.5, 0.6) is 5.75 Å². The number of hydrogen-bond donors (Lipinski definition) is 2. The third-order valence-electron chi connectivity index (χ3n) is 3.83. The van der Waals surface area contributed by atoms with E-state index in [0.717, 1.165) is 37.9 Å². The van der Waals surface area contributed by atoms with Crippen molar-refractivity contribution in [3.8, 4) is 5.75 Å². The molecule has 4 nitrogen and oxygen atoms in total. The molecule has 1 aliphatic heterocycles. The number of nitrogens with one attached hydrogen (secondary N) is 1. The van der Waals surface area contributed by atoms with Crippen LogP contribution in [0.3, 0.4) is 0 Å². The second-order valence-corrected chi connectivity index (χ2v) is 5.18. The molecule has 0 aliphatic carbocycles. The molecule has 20 heavy (non-hydrogen) atoms. The summed E-state index contributed by atoms with van der Waals surface area (Å²) >= 11 is 0. The first kappa shape index (κ1) is 15.2. The lowest BCUT2D eigenvalue weighted by Crippen LogP contribution is -2.29. The van der Waals surface area contributed by atoms with Gasteiger partial charge in [0, 0.05) is 12.6 Å². The fraction of sp³-hybridized carbons (Fsp3) is 0.600. The molecule has 1 saturated heterocycles. The van der Waals surface area contributed by atoms with Crippen molar-refractivity contribution >= 4 is 0 Å². The summed E-state index contributed by atoms with van der Waals surface area (Å²) in [6.07, 6.45) is 5.55. The zero-order valence-electron chi connectivity index (χ0n) is 11.9. The van der Waals surface area contributed by atoms with E-state index >= 15 is 0 Å². The molecule has 1 fully saturated rings. The minimum atomic E-state index is -0.362. The summed E-state index contributed by atoms with van der Waals surface area (Å²) in [5.41, 5.74) is 3.59. The monoisotopic (exact) mass is 282 g/mol. The summed E-state index contributed by atoms with van der Waals surface area (Å²) in [5, 5.41) is 0. The molecule has 112 valence electrons. The average Bonchev–Trinajstić information content (AvgIpc) is 2.49. The highest BCUT2D eigenvalue weighted by molar-refractivity contribution is 5.31. The van der Waals surface area contributed by atoms with Crippen molar-refractivity contribution in [2.75, 3.05) is 13.7 Å². The number of ether oxygens (including phenoxy) is 2. The second kappa shape index (κ2) is 7.57. The van der Waals surface area contributed by atoms with Crippen LogP contribution in [0.1, 0.15) is 43.7 Å². The molecule has 3 N–H and O–H groups in total. The van der Waals surface area contributed by atoms with Crippen molar-refractivity contribution in [1.29, 1.82) is 0 Å². The fourth-order valence-electron chi connectivity index (χ4n) is 2.63. The Balaban J connectivity index is 1.94. The standard InChI is InChI=1S/C15H23FN2O2/c1-19-15-8-5-11(10-13(15)16)14(18-17)7-6-12-4-2-3-9-20-12/h5,8,10,12,14,18H,2-4,6-7,9,17H2,1H3. The molecule has 0 bridgehead atoms. The molecular formula is C15H23FN2O2. The van der Waals surface area contributed by atoms with E-state index in [-0.39, 0.29) is 17.6 Å². The van der Waals surface area contributed by atoms with E-state index in [1.807, 2.05) is 6.07 Å². The lowest BCUT2D eigenvalue weighted by Gasteiger charge is -2.25. The van der Waals surface area contributed by atoms with Crippen LogP contribution in [-0.2, 0) is 4.74 Å². The smallest absolute Gasteiger partial charge is 0.165 e. The van der Waals surface area contributed by atoms with Crippen LogP contribution in [0.15, 0.2) is 18.2 Å². The van der Waals surface area contributed by atoms with Gasteiger partial charge in [0.15, 0.2) is 11.6 Å². The molecule has 2 unspecified atom stereocenters. The highest BCUT2D eigenvalue weighted by Gasteiger charge is 2.18. The quantitative estimate of drug-likeness (QED) is 0.622. The lowest BCUT2D eigenvalue weighted by molar-refractivity contribution is 0.00854. The van der Waals surface area contributed by atoms with Crippen LogP contribution in [0.4, 0.5) is 4.39 Å². The summed E-state index contributed by atoms with van der Waals surface area (Å²) in [5.74, 6) is 5.48. The highest BCUT2D eigenvalue weighted by Crippen LogP contribution is 2.26. The third kappa shape index (κ3) is 3.91. The van der Waals surface area contributed by atoms with Gasteiger partial charge in [0.05, 0.1) is 13.2 Å². The predicted octanol–water partition coefficient (Wildman–Crippen LogP) is 2.69. The number of nitrogens with two attached hydrogens (primary N) is 1. The molecule has 0 saturated carbocycles. The highest BCUT2D eigenvalue weighted by atomic mass is 19.1. The zero-order valence-corrected chi connectivity index (χ0v) is 11.9. The Morgan fingerprint density at radius 1 is 1.50 bits per heavy atom. The fourth-order valence-corrected chi connectivity index (χ4v) is 2.63. The minimum absolute atomic E-state index is 0.0686. The van der Waals surface area contributed by atoms with Gasteiger partial charge in [-0.05, 0) is 49.8 Å². The molecular weight excluding hydrogens is 259 g/mol. The molecule has 0 radical (unpaired) electrons. The van der Waals surface area contributed by atoms with E-state index in [1.54, 1.807) is 6.07 Å². The van der Waals surface area contributed by atoms with Crippen LogP contribution in [-0.4, -0.2) is 19.8 Å². The number of hydrogen-bond acceptors (Lipinski definition) is 4. The first-order valence-corrected chi connectivity index (χ1v) is 7.15. The van der Waals surface area contributed by atoms with Gasteiger partial charge < -0.3 is 9.47 Å². The Bertz CT molecular complexity index is 422. The van der Waals surface area contributed by atoms with Gasteiger partial charge in [0.1, 0.15) is 0 Å². The maximum absolute atomic E-state index is 13.7. The van der Waals surface area contributed by atoms with Crippen LogP contribution in [0.25, 0.3) is 0 Å². The zero-order chi connectivity index (χ0) is 14.4. The van der Waals surface area contributed by atoms with Crippen molar-refractivity contribution in [3.63, 3.8) is 0 Å². The van der Waals surface area contributed by atoms with Gasteiger partial charge in [0.2, 0.25) is 0 Å². The van der Waals surface area contributed by atoms with Crippen LogP contribution in [0, 0.1) is 5.82 Å². The number of rotatable bonds is 6. The molecule has 0 spiro atoms. The molecule has 0 amide bonds. The van der Waals surface area contributed by atoms with Crippen LogP contribution >= 0.6 is 0 Å². The molecule has 1 aromatic rings. The Hall–Kier alpha value is -1.17. The third-order valence-corrected chi connectivity index (χ3v) is 3.83. The van der Waals surface area contributed by atoms with E-state index in [1.165, 1.54) is 19.6 Å². The SMILES string of the molecule is COc1ccc(C(CCC2CCCCO2)NN)cc1F.